The molecule has 11 heteroatoms. The number of phenols is 1. The van der Waals surface area contributed by atoms with Crippen molar-refractivity contribution in [1.29, 1.82) is 0 Å². The number of alkyl halides is 2. The molecule has 0 radical (unpaired) electrons. The molecule has 2 aromatic carbocycles. The molecule has 40 heavy (non-hydrogen) atoms. The van der Waals surface area contributed by atoms with Crippen LogP contribution in [0.1, 0.15) is 41.6 Å². The third-order valence-corrected chi connectivity index (χ3v) is 10.6. The smallest absolute Gasteiger partial charge is 0.253 e. The van der Waals surface area contributed by atoms with Crippen molar-refractivity contribution in [1.82, 2.24) is 4.90 Å². The van der Waals surface area contributed by atoms with E-state index in [0.29, 0.717) is 22.4 Å². The van der Waals surface area contributed by atoms with Gasteiger partial charge in [0.15, 0.2) is 15.5 Å². The number of carbonyl (C=O) groups excluding carboxylic acids is 5. The lowest BCUT2D eigenvalue weighted by Crippen LogP contribution is -2.60. The Hall–Kier alpha value is -3.20. The average Bonchev–Trinajstić information content (AvgIpc) is 3.24. The van der Waals surface area contributed by atoms with Gasteiger partial charge in [-0.3, -0.25) is 33.8 Å². The molecule has 4 aliphatic rings. The Bertz CT molecular complexity index is 1570. The van der Waals surface area contributed by atoms with Crippen molar-refractivity contribution in [2.75, 3.05) is 11.9 Å². The summed E-state index contributed by atoms with van der Waals surface area (Å²) in [5, 5.41) is 10.1. The molecule has 0 aromatic heterocycles. The highest BCUT2D eigenvalue weighted by molar-refractivity contribution is 6.53. The molecule has 3 fully saturated rings. The highest BCUT2D eigenvalue weighted by Crippen LogP contribution is 2.66. The van der Waals surface area contributed by atoms with E-state index < -0.39 is 57.0 Å². The molecule has 1 saturated carbocycles. The van der Waals surface area contributed by atoms with Gasteiger partial charge in [0.05, 0.1) is 17.5 Å². The molecular formula is C29H23Cl3N2O6. The fourth-order valence-corrected chi connectivity index (χ4v) is 8.23. The third kappa shape index (κ3) is 3.36. The molecule has 206 valence electrons. The van der Waals surface area contributed by atoms with Crippen molar-refractivity contribution in [3.8, 4) is 5.75 Å². The van der Waals surface area contributed by atoms with Gasteiger partial charge < -0.3 is 5.11 Å². The van der Waals surface area contributed by atoms with Gasteiger partial charge in [0, 0.05) is 23.6 Å². The zero-order chi connectivity index (χ0) is 28.9. The summed E-state index contributed by atoms with van der Waals surface area (Å²) < 4.78 is 0. The first-order chi connectivity index (χ1) is 18.8. The minimum atomic E-state index is -1.95. The number of hydrogen-bond donors (Lipinski definition) is 1. The number of likely N-dealkylation sites (tertiary alicyclic amines) is 1. The second-order valence-corrected chi connectivity index (χ2v) is 12.5. The van der Waals surface area contributed by atoms with E-state index in [0.717, 1.165) is 9.80 Å². The number of rotatable bonds is 3. The number of nitrogens with zero attached hydrogens (tertiary/aromatic N) is 2. The van der Waals surface area contributed by atoms with Crippen LogP contribution in [0.15, 0.2) is 54.1 Å². The van der Waals surface area contributed by atoms with Gasteiger partial charge >= 0.3 is 0 Å². The van der Waals surface area contributed by atoms with Crippen molar-refractivity contribution in [3.63, 3.8) is 0 Å². The first kappa shape index (κ1) is 27.0. The molecule has 6 atom stereocenters. The van der Waals surface area contributed by atoms with E-state index in [1.807, 2.05) is 6.08 Å². The van der Waals surface area contributed by atoms with Gasteiger partial charge in [0.25, 0.3) is 11.8 Å². The van der Waals surface area contributed by atoms with Crippen LogP contribution in [0.4, 0.5) is 5.69 Å². The van der Waals surface area contributed by atoms with Crippen molar-refractivity contribution < 1.29 is 29.1 Å². The zero-order valence-electron chi connectivity index (χ0n) is 21.4. The second kappa shape index (κ2) is 8.90. The van der Waals surface area contributed by atoms with E-state index in [1.165, 1.54) is 32.2 Å². The number of aromatic hydroxyl groups is 1. The monoisotopic (exact) mass is 600 g/mol. The SMILES string of the molecule is CC(=O)c1ccc(N2C(=O)[C@H]3[C@H](CC=C4[C@H]3C[C@@]3(Cl)C(=O)N(C)C(=O)[C@@]3(Cl)[C@H]4c3ccc(O)cc3Cl)C2=O)cc1. The molecule has 8 nitrogen and oxygen atoms in total. The van der Waals surface area contributed by atoms with E-state index >= 15 is 0 Å². The van der Waals surface area contributed by atoms with E-state index in [1.54, 1.807) is 24.3 Å². The first-order valence-electron chi connectivity index (χ1n) is 12.7. The van der Waals surface area contributed by atoms with Crippen LogP contribution in [0.3, 0.4) is 0 Å². The molecule has 2 aliphatic heterocycles. The summed E-state index contributed by atoms with van der Waals surface area (Å²) in [7, 11) is 1.31. The summed E-state index contributed by atoms with van der Waals surface area (Å²) in [6.45, 7) is 1.42. The number of Topliss-reactive ketones (excluding diaryl/α,β-unsaturated/α-hetero) is 1. The van der Waals surface area contributed by atoms with Crippen LogP contribution < -0.4 is 4.90 Å². The van der Waals surface area contributed by atoms with E-state index in [9.17, 15) is 29.1 Å². The molecule has 2 aromatic rings. The molecule has 1 N–H and O–H groups in total. The zero-order valence-corrected chi connectivity index (χ0v) is 23.6. The summed E-state index contributed by atoms with van der Waals surface area (Å²) in [5.74, 6) is -5.75. The van der Waals surface area contributed by atoms with Crippen molar-refractivity contribution >= 4 is 69.9 Å². The minimum Gasteiger partial charge on any atom is -0.508 e. The Balaban J connectivity index is 1.49. The van der Waals surface area contributed by atoms with Crippen molar-refractivity contribution in [2.45, 2.75) is 35.4 Å². The molecule has 2 saturated heterocycles. The molecule has 4 amide bonds. The highest BCUT2D eigenvalue weighted by Gasteiger charge is 2.76. The van der Waals surface area contributed by atoms with Crippen LogP contribution in [0.25, 0.3) is 0 Å². The summed E-state index contributed by atoms with van der Waals surface area (Å²) in [4.78, 5) is 64.5. The lowest BCUT2D eigenvalue weighted by Gasteiger charge is -2.51. The number of hydrogen-bond acceptors (Lipinski definition) is 6. The maximum Gasteiger partial charge on any atom is 0.253 e. The summed E-state index contributed by atoms with van der Waals surface area (Å²) in [6, 6.07) is 10.5. The van der Waals surface area contributed by atoms with E-state index in [-0.39, 0.29) is 29.4 Å². The number of imide groups is 2. The predicted octanol–water partition coefficient (Wildman–Crippen LogP) is 4.44. The molecule has 2 aliphatic carbocycles. The number of allylic oxidation sites excluding steroid dienone is 2. The Kier molecular flexibility index (Phi) is 6.01. The van der Waals surface area contributed by atoms with Crippen LogP contribution in [0.5, 0.6) is 5.75 Å². The van der Waals surface area contributed by atoms with Gasteiger partial charge in [-0.15, -0.1) is 23.2 Å². The highest BCUT2D eigenvalue weighted by atomic mass is 35.5. The predicted molar refractivity (Wildman–Crippen MR) is 148 cm³/mol. The molecule has 0 unspecified atom stereocenters. The van der Waals surface area contributed by atoms with Gasteiger partial charge in [-0.05, 0) is 67.6 Å². The number of carbonyl (C=O) groups is 5. The number of ketones is 1. The molecular weight excluding hydrogens is 579 g/mol. The fourth-order valence-electron chi connectivity index (χ4n) is 6.94. The van der Waals surface area contributed by atoms with Crippen LogP contribution in [-0.4, -0.2) is 56.2 Å². The van der Waals surface area contributed by atoms with Gasteiger partial charge in [0.1, 0.15) is 5.75 Å². The molecule has 0 bridgehead atoms. The Labute approximate surface area is 244 Å². The van der Waals surface area contributed by atoms with Crippen molar-refractivity contribution in [2.24, 2.45) is 17.8 Å². The fraction of sp³-hybridized carbons (Fsp3) is 0.345. The van der Waals surface area contributed by atoms with Crippen LogP contribution in [0.2, 0.25) is 5.02 Å². The normalized spacial score (nSPS) is 33.1. The number of amides is 4. The number of fused-ring (bicyclic) bond motifs is 4. The topological polar surface area (TPSA) is 112 Å². The van der Waals surface area contributed by atoms with E-state index in [4.69, 9.17) is 34.8 Å². The van der Waals surface area contributed by atoms with Gasteiger partial charge in [-0.2, -0.15) is 0 Å². The van der Waals surface area contributed by atoms with Gasteiger partial charge in [0.2, 0.25) is 11.8 Å². The molecule has 0 spiro atoms. The summed E-state index contributed by atoms with van der Waals surface area (Å²) in [6.07, 6.45) is 1.88. The maximum absolute atomic E-state index is 14.0. The molecule has 2 heterocycles. The molecule has 6 rings (SSSR count). The summed E-state index contributed by atoms with van der Waals surface area (Å²) >= 11 is 20.8. The van der Waals surface area contributed by atoms with Crippen LogP contribution in [-0.2, 0) is 19.2 Å². The lowest BCUT2D eigenvalue weighted by atomic mass is 9.56. The second-order valence-electron chi connectivity index (χ2n) is 10.8. The minimum absolute atomic E-state index is 0.103. The largest absolute Gasteiger partial charge is 0.508 e. The van der Waals surface area contributed by atoms with Gasteiger partial charge in [-0.25, -0.2) is 0 Å². The Morgan fingerprint density at radius 1 is 0.975 bits per heavy atom. The quantitative estimate of drug-likeness (QED) is 0.241. The Morgan fingerprint density at radius 3 is 2.27 bits per heavy atom. The van der Waals surface area contributed by atoms with E-state index in [2.05, 4.69) is 0 Å². The first-order valence-corrected chi connectivity index (χ1v) is 13.8. The van der Waals surface area contributed by atoms with Crippen LogP contribution >= 0.6 is 34.8 Å². The number of halogens is 3. The number of benzene rings is 2. The number of anilines is 1. The van der Waals surface area contributed by atoms with Crippen LogP contribution in [0, 0.1) is 17.8 Å². The lowest BCUT2D eigenvalue weighted by molar-refractivity contribution is -0.138. The van der Waals surface area contributed by atoms with Gasteiger partial charge in [-0.1, -0.05) is 29.3 Å². The van der Waals surface area contributed by atoms with Crippen molar-refractivity contribution in [3.05, 3.63) is 70.3 Å². The third-order valence-electron chi connectivity index (χ3n) is 8.84. The average molecular weight is 602 g/mol. The maximum atomic E-state index is 14.0. The number of phenolic OH excluding ortho intramolecular Hbond substituents is 1. The summed E-state index contributed by atoms with van der Waals surface area (Å²) in [5.41, 5.74) is 1.76. The standard InChI is InChI=1S/C29H23Cl3N2O6/c1-13(35)14-3-5-15(6-4-14)34-24(37)19-10-9-17-20(22(19)25(34)38)12-28(31)26(39)33(2)27(40)29(28,32)23(17)18-8-7-16(36)11-21(18)30/h3-9,11,19-20,22-23,36H,10,12H2,1-2H3/t19-,20+,22-,23+,28+,29-/m0/s1. The Morgan fingerprint density at radius 2 is 1.65 bits per heavy atom.